The van der Waals surface area contributed by atoms with Crippen LogP contribution in [-0.2, 0) is 88.4 Å². The first-order chi connectivity index (χ1) is 60.3. The van der Waals surface area contributed by atoms with Crippen molar-refractivity contribution in [3.63, 3.8) is 0 Å². The van der Waals surface area contributed by atoms with Gasteiger partial charge in [0, 0.05) is 95.4 Å². The van der Waals surface area contributed by atoms with Crippen molar-refractivity contribution in [2.24, 2.45) is 0 Å². The number of benzene rings is 8. The number of aromatic carboxylic acids is 3. The first kappa shape index (κ1) is 140. The number of esters is 7. The number of hydrogen-bond acceptors (Lipinski definition) is 30. The Bertz CT molecular complexity index is 4560. The predicted octanol–water partition coefficient (Wildman–Crippen LogP) is 1.89. The number of carboxylic acid groups (broad SMARTS) is 3. The zero-order valence-electron chi connectivity index (χ0n) is 78.5. The van der Waals surface area contributed by atoms with Gasteiger partial charge in [-0.1, -0.05) is 97.1 Å². The van der Waals surface area contributed by atoms with Crippen LogP contribution >= 0.6 is 0 Å². The van der Waals surface area contributed by atoms with E-state index < -0.39 is 46.2 Å². The molecule has 3 saturated heterocycles. The van der Waals surface area contributed by atoms with Gasteiger partial charge in [0.25, 0.3) is 0 Å². The Morgan fingerprint density at radius 3 is 0.833 bits per heavy atom. The molecule has 0 aliphatic carbocycles. The molecule has 0 spiro atoms. The molecule has 6 radical (unpaired) electrons. The maximum atomic E-state index is 11.1. The fraction of sp³-hybridized carbons (Fsp3) is 0.319. The van der Waals surface area contributed by atoms with E-state index in [4.69, 9.17) is 72.6 Å². The predicted molar refractivity (Wildman–Crippen MR) is 480 cm³/mol. The molecular formula is C91H117B2LiNa2O35S. The molecule has 0 saturated carbocycles. The van der Waals surface area contributed by atoms with Crippen molar-refractivity contribution >= 4 is 106 Å². The quantitative estimate of drug-likeness (QED) is 0.0182. The molecule has 3 aliphatic rings. The number of carbonyl (C=O) groups is 12. The molecule has 11 rings (SSSR count). The third kappa shape index (κ3) is 70.5. The average Bonchev–Trinajstić information content (AvgIpc) is 0.982. The second-order valence-electron chi connectivity index (χ2n) is 24.4. The number of aliphatic hydroxyl groups is 5. The Kier molecular flexibility index (Phi) is 95.2. The molecule has 35 nitrogen and oxygen atoms in total. The summed E-state index contributed by atoms with van der Waals surface area (Å²) in [5, 5.41) is 66.2. The number of methoxy groups -OCH3 is 7. The monoisotopic (exact) mass is 1880 g/mol. The van der Waals surface area contributed by atoms with Crippen LogP contribution in [0.5, 0.6) is 0 Å². The summed E-state index contributed by atoms with van der Waals surface area (Å²) in [5.41, 5.74) is 8.10. The Hall–Kier alpha value is -10.2. The molecule has 3 fully saturated rings. The van der Waals surface area contributed by atoms with E-state index >= 15 is 0 Å². The molecule has 0 amide bonds. The number of aliphatic hydroxyl groups excluding tert-OH is 5. The van der Waals surface area contributed by atoms with Gasteiger partial charge in [0.05, 0.1) is 112 Å². The first-order valence-electron chi connectivity index (χ1n) is 38.2. The molecular weight excluding hydrogens is 1760 g/mol. The van der Waals surface area contributed by atoms with Crippen molar-refractivity contribution in [2.75, 3.05) is 116 Å². The largest absolute Gasteiger partial charge is 1.00 e. The molecule has 3 aliphatic heterocycles. The summed E-state index contributed by atoms with van der Waals surface area (Å²) in [5.74, 6) is -5.99. The van der Waals surface area contributed by atoms with E-state index in [2.05, 4.69) is 33.2 Å². The van der Waals surface area contributed by atoms with Gasteiger partial charge in [0.15, 0.2) is 0 Å². The van der Waals surface area contributed by atoms with E-state index in [-0.39, 0.29) is 170 Å². The summed E-state index contributed by atoms with van der Waals surface area (Å²) in [7, 11) is 5.59. The number of rotatable bonds is 19. The fourth-order valence-electron chi connectivity index (χ4n) is 9.31. The summed E-state index contributed by atoms with van der Waals surface area (Å²) >= 11 is 0. The van der Waals surface area contributed by atoms with E-state index in [1.54, 1.807) is 140 Å². The smallest absolute Gasteiger partial charge is 1.00 e. The zero-order chi connectivity index (χ0) is 95.5. The van der Waals surface area contributed by atoms with Crippen LogP contribution in [0, 0.1) is 0 Å². The van der Waals surface area contributed by atoms with E-state index in [1.165, 1.54) is 125 Å². The van der Waals surface area contributed by atoms with Gasteiger partial charge in [-0.05, 0) is 202 Å². The van der Waals surface area contributed by atoms with E-state index in [0.717, 1.165) is 81.4 Å². The standard InChI is InChI=1S/C11H12O2.C10H10O4.C10H12O3.C10H10O3.C9H10O3.C9H8O3.C9H10O3.C8H6O4.3C4H8O.C2H6O.CH4O.2B.Li.2Na.H2O4S.H2O.2H/c1-3-5-9-6-4-7-10(8-9)11(12)13-2;1-13-9(11)7-4-3-5-8(6-7)10(12)14-2;2*1-13-10(12)9-4-2-3-8(7-9)5-6-11;2*1-12-9(11)8-4-2-3-7(5-8)6-10;10-5-4-7-2-1-3-8(6-7)9(11)12;9-7(10)5-2-1-3-6(4-5)8(11)12;3*1-2-4-5-3-1;1-2-3;1-2;;;;;;1-5(2,3)4;;;/h3-8H,1-2H3;3-6H,1-2H3;2-4,7,11H,5-6H2,1H3;2-4,6-7H,5H2,1H3;2-5,10H,6H2,1H3;2-6H,1H3;1-3,6,10H,4-5H2,(H,11,12);1-4H,(H,9,10)(H,11,12);3*1-4H2;3H,2H2,1H3;2H,1H3;;;;;;(H2,1,2,3,4);1H2;;/q;;;;;;;;;;;;;;;3*+1;;;2*-1/p-1/b5-3+;;;;;;;;;;;;;;;;;;;;;. The van der Waals surface area contributed by atoms with Crippen LogP contribution in [0.1, 0.15) is 197 Å². The zero-order valence-corrected chi connectivity index (χ0v) is 81.3. The minimum Gasteiger partial charge on any atom is -1.00 e. The van der Waals surface area contributed by atoms with Gasteiger partial charge in [-0.25, -0.2) is 47.9 Å². The molecule has 132 heavy (non-hydrogen) atoms. The van der Waals surface area contributed by atoms with Gasteiger partial charge >= 0.3 is 148 Å². The van der Waals surface area contributed by atoms with Crippen LogP contribution in [0.15, 0.2) is 200 Å². The molecule has 0 atom stereocenters. The molecule has 41 heteroatoms. The van der Waals surface area contributed by atoms with Crippen LogP contribution in [0.3, 0.4) is 0 Å². The van der Waals surface area contributed by atoms with Gasteiger partial charge in [0.1, 0.15) is 12.6 Å². The number of allylic oxidation sites excluding steroid dienone is 1. The van der Waals surface area contributed by atoms with Gasteiger partial charge in [-0.3, -0.25) is 13.9 Å². The van der Waals surface area contributed by atoms with Crippen LogP contribution in [-0.4, -0.2) is 269 Å². The van der Waals surface area contributed by atoms with Gasteiger partial charge < -0.3 is 101 Å². The minimum atomic E-state index is -4.67. The summed E-state index contributed by atoms with van der Waals surface area (Å²) < 4.78 is 78.2. The van der Waals surface area contributed by atoms with E-state index in [1.807, 2.05) is 37.3 Å². The Labute approximate surface area is 832 Å². The normalized spacial score (nSPS) is 10.6. The van der Waals surface area contributed by atoms with E-state index in [9.17, 15) is 57.5 Å². The van der Waals surface area contributed by atoms with Crippen molar-refractivity contribution in [1.29, 1.82) is 0 Å². The number of hydrogen-bond donors (Lipinski definition) is 10. The second-order valence-corrected chi connectivity index (χ2v) is 25.3. The minimum absolute atomic E-state index is 0. The topological polar surface area (TPSA) is 564 Å². The van der Waals surface area contributed by atoms with Crippen molar-refractivity contribution in [2.45, 2.75) is 78.2 Å². The molecule has 8 aromatic rings. The maximum absolute atomic E-state index is 11.1. The van der Waals surface area contributed by atoms with Crippen molar-refractivity contribution in [3.8, 4) is 0 Å². The number of carbonyl (C=O) groups excluding carboxylic acids is 9. The number of ether oxygens (including phenoxy) is 10. The van der Waals surface area contributed by atoms with Gasteiger partial charge in [-0.2, -0.15) is 8.42 Å². The summed E-state index contributed by atoms with van der Waals surface area (Å²) in [6.07, 6.45) is 14.4. The molecule has 11 N–H and O–H groups in total. The SMILES string of the molecule is C/C=C/c1cccc(C(=O)OC)c1.C1CCOC1.C1CCOC1.C1CCOC1.CCO.CO.COC(=O)c1cccc(C(=O)OC)c1.COC(=O)c1cccc(C=O)c1.COC(=O)c1cccc(CC=O)c1.COC(=O)c1cccc(CCO)c1.COC(=O)c1cccc(CO)c1.O=C(O)c1cccc(C(=O)O)c1.O=C(O)c1cccc(CCO)c1.O=S(=O)(O)O.[B].[B].[H-].[H-].[Li+].[Na+].[Na+].[OH-]. The van der Waals surface area contributed by atoms with E-state index in [0.29, 0.717) is 75.6 Å². The number of aldehydes is 2. The summed E-state index contributed by atoms with van der Waals surface area (Å²) in [6.45, 7) is 9.93. The Morgan fingerprint density at radius 2 is 0.583 bits per heavy atom. The van der Waals surface area contributed by atoms with Gasteiger partial charge in [-0.15, -0.1) is 0 Å². The second kappa shape index (κ2) is 90.0. The maximum Gasteiger partial charge on any atom is 1.00 e. The number of carboxylic acids is 3. The average molecular weight is 1880 g/mol. The summed E-state index contributed by atoms with van der Waals surface area (Å²) in [6, 6.07) is 52.1. The first-order valence-corrected chi connectivity index (χ1v) is 39.6. The van der Waals surface area contributed by atoms with Crippen LogP contribution < -0.4 is 78.0 Å². The molecule has 0 unspecified atom stereocenters. The molecule has 0 bridgehead atoms. The summed E-state index contributed by atoms with van der Waals surface area (Å²) in [4.78, 5) is 129. The molecule has 3 heterocycles. The third-order valence-electron chi connectivity index (χ3n) is 15.2. The van der Waals surface area contributed by atoms with Crippen molar-refractivity contribution in [3.05, 3.63) is 289 Å². The Morgan fingerprint density at radius 1 is 0.371 bits per heavy atom. The molecule has 706 valence electrons. The van der Waals surface area contributed by atoms with Crippen LogP contribution in [0.2, 0.25) is 0 Å². The van der Waals surface area contributed by atoms with Crippen molar-refractivity contribution < 1.29 is 250 Å². The van der Waals surface area contributed by atoms with Crippen molar-refractivity contribution in [1.82, 2.24) is 0 Å². The van der Waals surface area contributed by atoms with Gasteiger partial charge in [0.2, 0.25) is 0 Å². The van der Waals surface area contributed by atoms with Crippen LogP contribution in [0.4, 0.5) is 0 Å². The van der Waals surface area contributed by atoms with Crippen LogP contribution in [0.25, 0.3) is 6.08 Å². The Balaban J connectivity index is -0.000000137. The third-order valence-corrected chi connectivity index (χ3v) is 15.2. The molecule has 0 aromatic heterocycles. The molecule has 8 aromatic carbocycles. The fourth-order valence-corrected chi connectivity index (χ4v) is 9.31.